The van der Waals surface area contributed by atoms with Crippen LogP contribution in [0.2, 0.25) is 0 Å². The Kier molecular flexibility index (Phi) is 5.14. The molecule has 0 aliphatic heterocycles. The van der Waals surface area contributed by atoms with Gasteiger partial charge in [0.05, 0.1) is 11.4 Å². The van der Waals surface area contributed by atoms with Crippen LogP contribution in [0.1, 0.15) is 36.0 Å². The number of carbonyl (C=O) groups excluding carboxylic acids is 1. The normalized spacial score (nSPS) is 11.2. The Morgan fingerprint density at radius 2 is 2.20 bits per heavy atom. The molecule has 110 valence electrons. The van der Waals surface area contributed by atoms with Crippen LogP contribution in [0.4, 0.5) is 0 Å². The highest BCUT2D eigenvalue weighted by molar-refractivity contribution is 7.17. The van der Waals surface area contributed by atoms with Gasteiger partial charge in [-0.05, 0) is 20.3 Å². The summed E-state index contributed by atoms with van der Waals surface area (Å²) in [6, 6.07) is 0. The Bertz CT molecular complexity index is 587. The van der Waals surface area contributed by atoms with Crippen molar-refractivity contribution >= 4 is 22.2 Å². The first-order chi connectivity index (χ1) is 9.61. The summed E-state index contributed by atoms with van der Waals surface area (Å²) < 4.78 is 2.14. The molecule has 0 atom stereocenters. The molecule has 2 N–H and O–H groups in total. The Morgan fingerprint density at radius 3 is 2.95 bits per heavy atom. The molecule has 2 rings (SSSR count). The van der Waals surface area contributed by atoms with Crippen LogP contribution in [0.3, 0.4) is 0 Å². The molecule has 0 bridgehead atoms. The predicted molar refractivity (Wildman–Crippen MR) is 82.2 cm³/mol. The van der Waals surface area contributed by atoms with Gasteiger partial charge in [-0.15, -0.1) is 11.3 Å². The van der Waals surface area contributed by atoms with Gasteiger partial charge in [0.25, 0.3) is 0 Å². The number of rotatable bonds is 7. The first kappa shape index (κ1) is 15.0. The van der Waals surface area contributed by atoms with Gasteiger partial charge in [-0.25, -0.2) is 4.98 Å². The zero-order valence-corrected chi connectivity index (χ0v) is 13.1. The van der Waals surface area contributed by atoms with Crippen LogP contribution in [0.25, 0.3) is 4.96 Å². The number of hydrogen-bond acceptors (Lipinski definition) is 4. The van der Waals surface area contributed by atoms with Crippen LogP contribution in [0.5, 0.6) is 0 Å². The number of fused-ring (bicyclic) bond motifs is 1. The lowest BCUT2D eigenvalue weighted by molar-refractivity contribution is -0.120. The van der Waals surface area contributed by atoms with Crippen molar-refractivity contribution in [3.63, 3.8) is 0 Å². The molecule has 0 aromatic carbocycles. The maximum atomic E-state index is 11.5. The highest BCUT2D eigenvalue weighted by Crippen LogP contribution is 2.20. The molecule has 0 fully saturated rings. The van der Waals surface area contributed by atoms with Gasteiger partial charge >= 0.3 is 0 Å². The zero-order chi connectivity index (χ0) is 14.5. The van der Waals surface area contributed by atoms with E-state index in [1.807, 2.05) is 6.92 Å². The largest absolute Gasteiger partial charge is 0.356 e. The second kappa shape index (κ2) is 6.85. The molecule has 0 unspecified atom stereocenters. The summed E-state index contributed by atoms with van der Waals surface area (Å²) in [5.74, 6) is 0.112. The van der Waals surface area contributed by atoms with Gasteiger partial charge in [-0.2, -0.15) is 0 Å². The molecule has 0 aliphatic rings. The van der Waals surface area contributed by atoms with Crippen molar-refractivity contribution in [2.75, 3.05) is 13.1 Å². The summed E-state index contributed by atoms with van der Waals surface area (Å²) >= 11 is 1.70. The molecule has 2 aromatic rings. The monoisotopic (exact) mass is 294 g/mol. The molecule has 20 heavy (non-hydrogen) atoms. The fourth-order valence-electron chi connectivity index (χ4n) is 2.08. The molecule has 0 aliphatic carbocycles. The molecule has 2 aromatic heterocycles. The van der Waals surface area contributed by atoms with Crippen LogP contribution in [-0.2, 0) is 11.3 Å². The van der Waals surface area contributed by atoms with Crippen molar-refractivity contribution in [3.8, 4) is 0 Å². The minimum atomic E-state index is 0.112. The van der Waals surface area contributed by atoms with Crippen molar-refractivity contribution in [3.05, 3.63) is 22.5 Å². The van der Waals surface area contributed by atoms with Crippen LogP contribution >= 0.6 is 11.3 Å². The number of thiazole rings is 1. The number of hydrogen-bond donors (Lipinski definition) is 2. The third-order valence-electron chi connectivity index (χ3n) is 3.13. The molecule has 2 heterocycles. The minimum Gasteiger partial charge on any atom is -0.356 e. The summed E-state index contributed by atoms with van der Waals surface area (Å²) in [6.07, 6.45) is 3.61. The van der Waals surface area contributed by atoms with Crippen molar-refractivity contribution in [2.45, 2.75) is 40.2 Å². The van der Waals surface area contributed by atoms with E-state index in [2.05, 4.69) is 40.1 Å². The number of nitrogens with one attached hydrogen (secondary N) is 2. The molecule has 0 radical (unpaired) electrons. The third-order valence-corrected chi connectivity index (χ3v) is 4.03. The predicted octanol–water partition coefficient (Wildman–Crippen LogP) is 2.02. The van der Waals surface area contributed by atoms with Gasteiger partial charge in [0.2, 0.25) is 5.91 Å². The Balaban J connectivity index is 1.83. The smallest absolute Gasteiger partial charge is 0.221 e. The first-order valence-electron chi connectivity index (χ1n) is 7.03. The highest BCUT2D eigenvalue weighted by atomic mass is 32.1. The second-order valence-corrected chi connectivity index (χ2v) is 6.13. The van der Waals surface area contributed by atoms with E-state index in [9.17, 15) is 4.79 Å². The summed E-state index contributed by atoms with van der Waals surface area (Å²) in [5.41, 5.74) is 2.23. The van der Waals surface area contributed by atoms with Crippen LogP contribution in [-0.4, -0.2) is 28.4 Å². The fraction of sp³-hybridized carbons (Fsp3) is 0.571. The lowest BCUT2D eigenvalue weighted by Crippen LogP contribution is -2.28. The number of amides is 1. The molecule has 6 heteroatoms. The molecule has 0 saturated heterocycles. The van der Waals surface area contributed by atoms with E-state index in [1.165, 1.54) is 10.6 Å². The highest BCUT2D eigenvalue weighted by Gasteiger charge is 2.10. The van der Waals surface area contributed by atoms with E-state index in [0.29, 0.717) is 13.0 Å². The molecule has 1 amide bonds. The average molecular weight is 294 g/mol. The van der Waals surface area contributed by atoms with E-state index in [1.54, 1.807) is 11.3 Å². The van der Waals surface area contributed by atoms with Gasteiger partial charge < -0.3 is 10.6 Å². The minimum absolute atomic E-state index is 0.112. The van der Waals surface area contributed by atoms with E-state index < -0.39 is 0 Å². The number of carbonyl (C=O) groups is 1. The Morgan fingerprint density at radius 1 is 1.40 bits per heavy atom. The summed E-state index contributed by atoms with van der Waals surface area (Å²) in [4.78, 5) is 18.3. The average Bonchev–Trinajstić information content (AvgIpc) is 2.88. The second-order valence-electron chi connectivity index (χ2n) is 4.92. The van der Waals surface area contributed by atoms with Gasteiger partial charge in [0.15, 0.2) is 4.96 Å². The lowest BCUT2D eigenvalue weighted by atomic mass is 10.3. The van der Waals surface area contributed by atoms with Gasteiger partial charge in [0.1, 0.15) is 0 Å². The third kappa shape index (κ3) is 3.58. The molecular formula is C14H22N4OS. The topological polar surface area (TPSA) is 58.4 Å². The SMILES string of the molecule is CCCNC(=O)CCNCc1c(C)nc2sc(C)cn12. The number of aromatic nitrogens is 2. The van der Waals surface area contributed by atoms with Gasteiger partial charge in [0, 0.05) is 37.1 Å². The Hall–Kier alpha value is -1.40. The van der Waals surface area contributed by atoms with Crippen molar-refractivity contribution in [1.82, 2.24) is 20.0 Å². The zero-order valence-electron chi connectivity index (χ0n) is 12.3. The fourth-order valence-corrected chi connectivity index (χ4v) is 2.97. The van der Waals surface area contributed by atoms with E-state index in [4.69, 9.17) is 0 Å². The quantitative estimate of drug-likeness (QED) is 0.768. The van der Waals surface area contributed by atoms with E-state index in [-0.39, 0.29) is 5.91 Å². The van der Waals surface area contributed by atoms with Gasteiger partial charge in [-0.3, -0.25) is 9.20 Å². The maximum absolute atomic E-state index is 11.5. The first-order valence-corrected chi connectivity index (χ1v) is 7.85. The standard InChI is InChI=1S/C14H22N4OS/c1-4-6-16-13(19)5-7-15-8-12-11(3)17-14-18(12)9-10(2)20-14/h9,15H,4-8H2,1-3H3,(H,16,19). The lowest BCUT2D eigenvalue weighted by Gasteiger charge is -2.06. The number of aryl methyl sites for hydroxylation is 2. The summed E-state index contributed by atoms with van der Waals surface area (Å²) in [7, 11) is 0. The molecule has 0 spiro atoms. The molecule has 0 saturated carbocycles. The van der Waals surface area contributed by atoms with Crippen molar-refractivity contribution in [1.29, 1.82) is 0 Å². The van der Waals surface area contributed by atoms with Crippen LogP contribution in [0.15, 0.2) is 6.20 Å². The van der Waals surface area contributed by atoms with E-state index in [0.717, 1.165) is 30.2 Å². The van der Waals surface area contributed by atoms with Crippen molar-refractivity contribution < 1.29 is 4.79 Å². The number of nitrogens with zero attached hydrogens (tertiary/aromatic N) is 2. The Labute approximate surface area is 123 Å². The summed E-state index contributed by atoms with van der Waals surface area (Å²) in [5, 5.41) is 6.20. The van der Waals surface area contributed by atoms with Gasteiger partial charge in [-0.1, -0.05) is 6.92 Å². The van der Waals surface area contributed by atoms with E-state index >= 15 is 0 Å². The van der Waals surface area contributed by atoms with Crippen LogP contribution < -0.4 is 10.6 Å². The van der Waals surface area contributed by atoms with Crippen LogP contribution in [0, 0.1) is 13.8 Å². The number of imidazole rings is 1. The maximum Gasteiger partial charge on any atom is 0.221 e. The van der Waals surface area contributed by atoms with Crippen molar-refractivity contribution in [2.24, 2.45) is 0 Å². The summed E-state index contributed by atoms with van der Waals surface area (Å²) in [6.45, 7) is 8.35. The molecule has 5 nitrogen and oxygen atoms in total. The molecular weight excluding hydrogens is 272 g/mol.